The van der Waals surface area contributed by atoms with Crippen LogP contribution in [0.5, 0.6) is 6.01 Å². The van der Waals surface area contributed by atoms with Gasteiger partial charge in [-0.15, -0.1) is 0 Å². The van der Waals surface area contributed by atoms with Crippen molar-refractivity contribution in [3.05, 3.63) is 39.8 Å². The molecule has 3 heterocycles. The summed E-state index contributed by atoms with van der Waals surface area (Å²) in [5, 5.41) is 3.80. The lowest BCUT2D eigenvalue weighted by Gasteiger charge is -2.16. The Kier molecular flexibility index (Phi) is 3.88. The number of thiophene rings is 1. The highest BCUT2D eigenvalue weighted by Gasteiger charge is 2.29. The summed E-state index contributed by atoms with van der Waals surface area (Å²) in [6.45, 7) is 5.14. The zero-order valence-electron chi connectivity index (χ0n) is 12.1. The summed E-state index contributed by atoms with van der Waals surface area (Å²) in [7, 11) is 0. The molecule has 110 valence electrons. The lowest BCUT2D eigenvalue weighted by Crippen LogP contribution is -2.30. The molecular weight excluding hydrogens is 286 g/mol. The Hall–Kier alpha value is -1.95. The second-order valence-corrected chi connectivity index (χ2v) is 6.01. The number of likely N-dealkylation sites (tertiary alicyclic amines) is 1. The molecule has 6 heteroatoms. The SMILES string of the molecule is Cc1cc(C)nc(OC2CCN(C(=O)c3ccsc3)C2)n1. The van der Waals surface area contributed by atoms with Crippen LogP contribution >= 0.6 is 11.3 Å². The maximum atomic E-state index is 12.3. The molecule has 2 aromatic rings. The van der Waals surface area contributed by atoms with Crippen molar-refractivity contribution >= 4 is 17.2 Å². The first kappa shape index (κ1) is 14.0. The van der Waals surface area contributed by atoms with Crippen molar-refractivity contribution in [2.24, 2.45) is 0 Å². The predicted octanol–water partition coefficient (Wildman–Crippen LogP) is 2.45. The Morgan fingerprint density at radius 1 is 1.38 bits per heavy atom. The molecule has 3 rings (SSSR count). The Morgan fingerprint density at radius 3 is 2.81 bits per heavy atom. The molecule has 1 unspecified atom stereocenters. The number of carbonyl (C=O) groups is 1. The van der Waals surface area contributed by atoms with Crippen molar-refractivity contribution in [3.8, 4) is 6.01 Å². The zero-order valence-corrected chi connectivity index (χ0v) is 12.9. The summed E-state index contributed by atoms with van der Waals surface area (Å²) in [4.78, 5) is 22.7. The smallest absolute Gasteiger partial charge is 0.317 e. The van der Waals surface area contributed by atoms with Gasteiger partial charge in [-0.2, -0.15) is 11.3 Å². The van der Waals surface area contributed by atoms with Gasteiger partial charge in [0, 0.05) is 29.7 Å². The Labute approximate surface area is 127 Å². The fourth-order valence-electron chi connectivity index (χ4n) is 2.47. The van der Waals surface area contributed by atoms with Gasteiger partial charge in [0.25, 0.3) is 5.91 Å². The van der Waals surface area contributed by atoms with E-state index < -0.39 is 0 Å². The minimum atomic E-state index is -0.0335. The van der Waals surface area contributed by atoms with Crippen molar-refractivity contribution in [1.29, 1.82) is 0 Å². The fraction of sp³-hybridized carbons (Fsp3) is 0.400. The molecule has 1 fully saturated rings. The quantitative estimate of drug-likeness (QED) is 0.874. The van der Waals surface area contributed by atoms with Crippen molar-refractivity contribution in [1.82, 2.24) is 14.9 Å². The van der Waals surface area contributed by atoms with Gasteiger partial charge in [-0.1, -0.05) is 0 Å². The van der Waals surface area contributed by atoms with Crippen LogP contribution in [-0.2, 0) is 0 Å². The molecule has 0 aliphatic carbocycles. The van der Waals surface area contributed by atoms with Gasteiger partial charge in [-0.05, 0) is 31.4 Å². The van der Waals surface area contributed by atoms with Gasteiger partial charge in [0.05, 0.1) is 12.1 Å². The van der Waals surface area contributed by atoms with Gasteiger partial charge in [0.15, 0.2) is 0 Å². The molecule has 0 bridgehead atoms. The van der Waals surface area contributed by atoms with E-state index in [0.717, 1.165) is 23.4 Å². The molecule has 0 radical (unpaired) electrons. The summed E-state index contributed by atoms with van der Waals surface area (Å²) in [6.07, 6.45) is 0.778. The molecule has 1 saturated heterocycles. The van der Waals surface area contributed by atoms with Gasteiger partial charge >= 0.3 is 6.01 Å². The normalized spacial score (nSPS) is 18.0. The summed E-state index contributed by atoms with van der Waals surface area (Å²) in [5.74, 6) is 0.0729. The largest absolute Gasteiger partial charge is 0.458 e. The van der Waals surface area contributed by atoms with Gasteiger partial charge in [-0.25, -0.2) is 9.97 Å². The van der Waals surface area contributed by atoms with Crippen LogP contribution < -0.4 is 4.74 Å². The number of hydrogen-bond donors (Lipinski definition) is 0. The maximum Gasteiger partial charge on any atom is 0.317 e. The predicted molar refractivity (Wildman–Crippen MR) is 80.8 cm³/mol. The summed E-state index contributed by atoms with van der Waals surface area (Å²) < 4.78 is 5.82. The molecule has 21 heavy (non-hydrogen) atoms. The molecule has 2 aromatic heterocycles. The third-order valence-electron chi connectivity index (χ3n) is 3.43. The Bertz CT molecular complexity index is 622. The highest BCUT2D eigenvalue weighted by molar-refractivity contribution is 7.08. The topological polar surface area (TPSA) is 55.3 Å². The fourth-order valence-corrected chi connectivity index (χ4v) is 3.10. The molecule has 1 amide bonds. The maximum absolute atomic E-state index is 12.3. The van der Waals surface area contributed by atoms with Crippen LogP contribution in [0.1, 0.15) is 28.2 Å². The molecule has 1 aliphatic rings. The van der Waals surface area contributed by atoms with Gasteiger partial charge < -0.3 is 9.64 Å². The minimum absolute atomic E-state index is 0.0335. The van der Waals surface area contributed by atoms with Gasteiger partial charge in [0.2, 0.25) is 0 Å². The molecule has 0 N–H and O–H groups in total. The minimum Gasteiger partial charge on any atom is -0.458 e. The summed E-state index contributed by atoms with van der Waals surface area (Å²) in [6, 6.07) is 4.17. The third kappa shape index (κ3) is 3.21. The standard InChI is InChI=1S/C15H17N3O2S/c1-10-7-11(2)17-15(16-10)20-13-3-5-18(8-13)14(19)12-4-6-21-9-12/h4,6-7,9,13H,3,5,8H2,1-2H3. The van der Waals surface area contributed by atoms with E-state index in [0.29, 0.717) is 19.1 Å². The van der Waals surface area contributed by atoms with Crippen molar-refractivity contribution in [2.75, 3.05) is 13.1 Å². The van der Waals surface area contributed by atoms with Crippen molar-refractivity contribution in [2.45, 2.75) is 26.4 Å². The average molecular weight is 303 g/mol. The molecule has 5 nitrogen and oxygen atoms in total. The van der Waals surface area contributed by atoms with Gasteiger partial charge in [0.1, 0.15) is 6.10 Å². The monoisotopic (exact) mass is 303 g/mol. The number of aryl methyl sites for hydroxylation is 2. The van der Waals surface area contributed by atoms with E-state index in [1.165, 1.54) is 11.3 Å². The van der Waals surface area contributed by atoms with E-state index in [9.17, 15) is 4.79 Å². The number of ether oxygens (including phenoxy) is 1. The lowest BCUT2D eigenvalue weighted by molar-refractivity contribution is 0.0770. The van der Waals surface area contributed by atoms with Crippen molar-refractivity contribution < 1.29 is 9.53 Å². The Morgan fingerprint density at radius 2 is 2.14 bits per heavy atom. The first-order valence-corrected chi connectivity index (χ1v) is 7.86. The second kappa shape index (κ2) is 5.81. The number of hydrogen-bond acceptors (Lipinski definition) is 5. The first-order valence-electron chi connectivity index (χ1n) is 6.92. The number of nitrogens with zero attached hydrogens (tertiary/aromatic N) is 3. The molecule has 0 saturated carbocycles. The zero-order chi connectivity index (χ0) is 14.8. The van der Waals surface area contributed by atoms with Crippen LogP contribution in [0.3, 0.4) is 0 Å². The third-order valence-corrected chi connectivity index (χ3v) is 4.12. The van der Waals surface area contributed by atoms with Crippen LogP contribution in [-0.4, -0.2) is 40.0 Å². The lowest BCUT2D eigenvalue weighted by atomic mass is 10.3. The highest BCUT2D eigenvalue weighted by Crippen LogP contribution is 2.19. The Balaban J connectivity index is 1.63. The van der Waals surface area contributed by atoms with Crippen LogP contribution in [0, 0.1) is 13.8 Å². The number of carbonyl (C=O) groups excluding carboxylic acids is 1. The molecular formula is C15H17N3O2S. The van der Waals surface area contributed by atoms with Crippen LogP contribution in [0.25, 0.3) is 0 Å². The van der Waals surface area contributed by atoms with E-state index in [1.807, 2.05) is 41.6 Å². The molecule has 1 aliphatic heterocycles. The highest BCUT2D eigenvalue weighted by atomic mass is 32.1. The van der Waals surface area contributed by atoms with E-state index in [2.05, 4.69) is 9.97 Å². The van der Waals surface area contributed by atoms with Gasteiger partial charge in [-0.3, -0.25) is 4.79 Å². The van der Waals surface area contributed by atoms with E-state index in [-0.39, 0.29) is 12.0 Å². The van der Waals surface area contributed by atoms with Crippen LogP contribution in [0.2, 0.25) is 0 Å². The molecule has 0 aromatic carbocycles. The second-order valence-electron chi connectivity index (χ2n) is 5.23. The van der Waals surface area contributed by atoms with E-state index in [1.54, 1.807) is 0 Å². The first-order chi connectivity index (χ1) is 10.1. The van der Waals surface area contributed by atoms with E-state index in [4.69, 9.17) is 4.74 Å². The average Bonchev–Trinajstić information content (AvgIpc) is 3.07. The molecule has 1 atom stereocenters. The van der Waals surface area contributed by atoms with Crippen LogP contribution in [0.4, 0.5) is 0 Å². The summed E-state index contributed by atoms with van der Waals surface area (Å²) >= 11 is 1.53. The number of amides is 1. The number of rotatable bonds is 3. The summed E-state index contributed by atoms with van der Waals surface area (Å²) in [5.41, 5.74) is 2.53. The molecule has 0 spiro atoms. The van der Waals surface area contributed by atoms with Crippen LogP contribution in [0.15, 0.2) is 22.9 Å². The van der Waals surface area contributed by atoms with Crippen molar-refractivity contribution in [3.63, 3.8) is 0 Å². The van der Waals surface area contributed by atoms with E-state index >= 15 is 0 Å². The number of aromatic nitrogens is 2.